The Kier molecular flexibility index (Phi) is 11.1. The van der Waals surface area contributed by atoms with Crippen molar-refractivity contribution in [3.8, 4) is 0 Å². The van der Waals surface area contributed by atoms with Crippen molar-refractivity contribution in [1.82, 2.24) is 19.9 Å². The van der Waals surface area contributed by atoms with Crippen LogP contribution in [0.5, 0.6) is 0 Å². The molecule has 0 amide bonds. The number of halogens is 2. The molecule has 2 heterocycles. The molecule has 4 nitrogen and oxygen atoms in total. The molecule has 77 valence electrons. The number of imidazole rings is 2. The summed E-state index contributed by atoms with van der Waals surface area (Å²) in [4.78, 5) is 12.8. The Labute approximate surface area is 90.7 Å². The minimum absolute atomic E-state index is 0.757. The second kappa shape index (κ2) is 11.5. The summed E-state index contributed by atoms with van der Waals surface area (Å²) in [5.41, 5.74) is 0. The fourth-order valence-electron chi connectivity index (χ4n) is 0.430. The van der Waals surface area contributed by atoms with Gasteiger partial charge in [-0.3, -0.25) is 0 Å². The predicted molar refractivity (Wildman–Crippen MR) is 48.9 cm³/mol. The topological polar surface area (TPSA) is 57.4 Å². The van der Waals surface area contributed by atoms with E-state index in [-0.39, 0.29) is 0 Å². The fraction of sp³-hybridized carbons (Fsp3) is 0. The van der Waals surface area contributed by atoms with Crippen LogP contribution < -0.4 is 0 Å². The zero-order chi connectivity index (χ0) is 9.78. The minimum Gasteiger partial charge on any atom is -0.351 e. The molecule has 0 spiro atoms. The Morgan fingerprint density at radius 2 is 1.31 bits per heavy atom. The van der Waals surface area contributed by atoms with Crippen LogP contribution in [-0.2, 0) is 13.1 Å². The third kappa shape index (κ3) is 11.5. The molecule has 0 aliphatic carbocycles. The minimum atomic E-state index is 0.757. The van der Waals surface area contributed by atoms with Gasteiger partial charge in [-0.2, -0.15) is 0 Å². The average molecular weight is 271 g/mol. The molecule has 0 atom stereocenters. The molecular formula is C6H8Cl2CuN4. The average Bonchev–Trinajstić information content (AvgIpc) is 2.85. The van der Waals surface area contributed by atoms with Crippen molar-refractivity contribution in [2.24, 2.45) is 0 Å². The zero-order valence-electron chi connectivity index (χ0n) is 6.42. The van der Waals surface area contributed by atoms with Crippen LogP contribution in [0.2, 0.25) is 0 Å². The van der Waals surface area contributed by atoms with E-state index in [1.165, 1.54) is 0 Å². The summed E-state index contributed by atoms with van der Waals surface area (Å²) in [5.74, 6) is 0. The summed E-state index contributed by atoms with van der Waals surface area (Å²) >= 11 is 0.757. The number of hydrogen-bond donors (Lipinski definition) is 2. The Morgan fingerprint density at radius 3 is 1.38 bits per heavy atom. The number of rotatable bonds is 0. The van der Waals surface area contributed by atoms with Crippen molar-refractivity contribution in [3.05, 3.63) is 37.4 Å². The maximum absolute atomic E-state index is 4.67. The van der Waals surface area contributed by atoms with Crippen molar-refractivity contribution in [1.29, 1.82) is 0 Å². The molecule has 0 unspecified atom stereocenters. The van der Waals surface area contributed by atoms with Crippen molar-refractivity contribution in [2.45, 2.75) is 0 Å². The first kappa shape index (κ1) is 12.5. The van der Waals surface area contributed by atoms with Crippen molar-refractivity contribution in [3.63, 3.8) is 0 Å². The van der Waals surface area contributed by atoms with E-state index in [2.05, 4.69) is 40.1 Å². The van der Waals surface area contributed by atoms with E-state index >= 15 is 0 Å². The second-order valence-corrected chi connectivity index (χ2v) is 3.12. The molecule has 0 saturated carbocycles. The second-order valence-electron chi connectivity index (χ2n) is 1.56. The maximum atomic E-state index is 4.67. The van der Waals surface area contributed by atoms with Gasteiger partial charge >= 0.3 is 33.3 Å². The molecule has 0 aliphatic rings. The van der Waals surface area contributed by atoms with Gasteiger partial charge < -0.3 is 9.97 Å². The van der Waals surface area contributed by atoms with Gasteiger partial charge in [-0.05, 0) is 0 Å². The van der Waals surface area contributed by atoms with Crippen LogP contribution in [0, 0.1) is 0 Å². The van der Waals surface area contributed by atoms with E-state index in [9.17, 15) is 0 Å². The van der Waals surface area contributed by atoms with Crippen molar-refractivity contribution < 1.29 is 13.1 Å². The van der Waals surface area contributed by atoms with Crippen molar-refractivity contribution in [2.75, 3.05) is 0 Å². The first-order chi connectivity index (χ1) is 6.41. The molecule has 0 bridgehead atoms. The van der Waals surface area contributed by atoms with Gasteiger partial charge in [0.05, 0.1) is 12.7 Å². The molecule has 2 rings (SSSR count). The van der Waals surface area contributed by atoms with E-state index < -0.39 is 0 Å². The summed E-state index contributed by atoms with van der Waals surface area (Å²) < 4.78 is 0. The number of nitrogens with zero attached hydrogens (tertiary/aromatic N) is 2. The Bertz CT molecular complexity index is 174. The molecule has 7 heteroatoms. The van der Waals surface area contributed by atoms with Crippen LogP contribution >= 0.6 is 20.2 Å². The van der Waals surface area contributed by atoms with Gasteiger partial charge in [0.2, 0.25) is 0 Å². The Balaban J connectivity index is 0.000000174. The number of aromatic amines is 2. The predicted octanol–water partition coefficient (Wildman–Crippen LogP) is 2.20. The SMILES string of the molecule is [Cl][Cu][Cl].c1c[nH]cn1.c1c[nH]cn1. The summed E-state index contributed by atoms with van der Waals surface area (Å²) in [6, 6.07) is 0. The van der Waals surface area contributed by atoms with Gasteiger partial charge in [0, 0.05) is 24.8 Å². The van der Waals surface area contributed by atoms with Gasteiger partial charge in [0.15, 0.2) is 0 Å². The summed E-state index contributed by atoms with van der Waals surface area (Å²) in [7, 11) is 9.34. The van der Waals surface area contributed by atoms with Crippen LogP contribution in [0.25, 0.3) is 0 Å². The van der Waals surface area contributed by atoms with E-state index in [1.807, 2.05) is 0 Å². The smallest absolute Gasteiger partial charge is 0.0919 e. The van der Waals surface area contributed by atoms with E-state index in [1.54, 1.807) is 37.4 Å². The molecule has 2 aromatic rings. The molecule has 13 heavy (non-hydrogen) atoms. The molecule has 2 N–H and O–H groups in total. The molecular weight excluding hydrogens is 263 g/mol. The van der Waals surface area contributed by atoms with Crippen LogP contribution in [0.4, 0.5) is 0 Å². The first-order valence-corrected chi connectivity index (χ1v) is 5.67. The van der Waals surface area contributed by atoms with E-state index in [0.717, 1.165) is 13.1 Å². The fourth-order valence-corrected chi connectivity index (χ4v) is 0.430. The molecule has 0 radical (unpaired) electrons. The van der Waals surface area contributed by atoms with Gasteiger partial charge in [-0.15, -0.1) is 0 Å². The van der Waals surface area contributed by atoms with Gasteiger partial charge in [-0.25, -0.2) is 9.97 Å². The third-order valence-electron chi connectivity index (χ3n) is 0.812. The van der Waals surface area contributed by atoms with Crippen LogP contribution in [0.3, 0.4) is 0 Å². The monoisotopic (exact) mass is 269 g/mol. The van der Waals surface area contributed by atoms with Gasteiger partial charge in [0.25, 0.3) is 0 Å². The van der Waals surface area contributed by atoms with Crippen LogP contribution in [0.15, 0.2) is 37.4 Å². The number of nitrogens with one attached hydrogen (secondary N) is 2. The van der Waals surface area contributed by atoms with E-state index in [4.69, 9.17) is 0 Å². The van der Waals surface area contributed by atoms with Gasteiger partial charge in [-0.1, -0.05) is 0 Å². The van der Waals surface area contributed by atoms with Gasteiger partial charge in [0.1, 0.15) is 0 Å². The Hall–Kier alpha value is -0.481. The number of hydrogen-bond acceptors (Lipinski definition) is 2. The third-order valence-corrected chi connectivity index (χ3v) is 0.812. The van der Waals surface area contributed by atoms with Crippen molar-refractivity contribution >= 4 is 20.2 Å². The van der Waals surface area contributed by atoms with Crippen LogP contribution in [-0.4, -0.2) is 19.9 Å². The largest absolute Gasteiger partial charge is 0.351 e. The van der Waals surface area contributed by atoms with Crippen LogP contribution in [0.1, 0.15) is 0 Å². The summed E-state index contributed by atoms with van der Waals surface area (Å²) in [6.07, 6.45) is 10.2. The maximum Gasteiger partial charge on any atom is 0.0919 e. The number of aromatic nitrogens is 4. The molecule has 0 saturated heterocycles. The summed E-state index contributed by atoms with van der Waals surface area (Å²) in [6.45, 7) is 0. The number of H-pyrrole nitrogens is 2. The standard InChI is InChI=1S/2C3H4N2.2ClH.Cu/c2*1-2-5-3-4-1;;;/h2*1-3H,(H,4,5);2*1H;/q;;;;+2/p-2. The quantitative estimate of drug-likeness (QED) is 0.721. The molecule has 0 aromatic carbocycles. The molecule has 0 fully saturated rings. The first-order valence-electron chi connectivity index (χ1n) is 3.08. The molecule has 2 aromatic heterocycles. The Morgan fingerprint density at radius 1 is 0.923 bits per heavy atom. The normalized spacial score (nSPS) is 7.85. The zero-order valence-corrected chi connectivity index (χ0v) is 8.87. The molecule has 0 aliphatic heterocycles. The summed E-state index contributed by atoms with van der Waals surface area (Å²) in [5, 5.41) is 0. The van der Waals surface area contributed by atoms with E-state index in [0.29, 0.717) is 0 Å².